The Balaban J connectivity index is 1.93. The van der Waals surface area contributed by atoms with Crippen molar-refractivity contribution in [2.45, 2.75) is 64.6 Å². The number of hydrogen-bond donors (Lipinski definition) is 1. The van der Waals surface area contributed by atoms with Crippen LogP contribution in [0.2, 0.25) is 0 Å². The van der Waals surface area contributed by atoms with Crippen LogP contribution in [0.5, 0.6) is 5.75 Å². The van der Waals surface area contributed by atoms with Gasteiger partial charge < -0.3 is 14.8 Å². The van der Waals surface area contributed by atoms with Crippen LogP contribution in [0, 0.1) is 0 Å². The average molecular weight is 305 g/mol. The largest absolute Gasteiger partial charge is 0.490 e. The standard InChI is InChI=1S/C18H27NO3/c1-4-18(3,21-5-2)17(20)19-14-10-12-16(13-11-14)22-15-8-6-7-9-15/h10-13,15H,4-9H2,1-3H3,(H,19,20). The van der Waals surface area contributed by atoms with Gasteiger partial charge in [-0.1, -0.05) is 6.92 Å². The highest BCUT2D eigenvalue weighted by atomic mass is 16.5. The Kier molecular flexibility index (Phi) is 5.83. The Morgan fingerprint density at radius 1 is 1.23 bits per heavy atom. The SMILES string of the molecule is CCOC(C)(CC)C(=O)Nc1ccc(OC2CCCC2)cc1. The van der Waals surface area contributed by atoms with Crippen molar-refractivity contribution in [3.63, 3.8) is 0 Å². The molecule has 1 N–H and O–H groups in total. The molecule has 0 saturated heterocycles. The molecule has 1 aromatic carbocycles. The zero-order valence-electron chi connectivity index (χ0n) is 13.9. The topological polar surface area (TPSA) is 47.6 Å². The summed E-state index contributed by atoms with van der Waals surface area (Å²) in [6.07, 6.45) is 5.78. The van der Waals surface area contributed by atoms with Gasteiger partial charge in [-0.05, 0) is 70.2 Å². The molecule has 0 heterocycles. The molecule has 1 fully saturated rings. The van der Waals surface area contributed by atoms with E-state index in [0.29, 0.717) is 19.1 Å². The summed E-state index contributed by atoms with van der Waals surface area (Å²) in [7, 11) is 0. The van der Waals surface area contributed by atoms with Crippen LogP contribution in [0.25, 0.3) is 0 Å². The van der Waals surface area contributed by atoms with E-state index < -0.39 is 5.60 Å². The van der Waals surface area contributed by atoms with Crippen molar-refractivity contribution >= 4 is 11.6 Å². The third-order valence-corrected chi connectivity index (χ3v) is 4.34. The van der Waals surface area contributed by atoms with Gasteiger partial charge in [0.1, 0.15) is 11.4 Å². The third kappa shape index (κ3) is 4.23. The number of carbonyl (C=O) groups is 1. The maximum absolute atomic E-state index is 12.4. The number of ether oxygens (including phenoxy) is 2. The number of hydrogen-bond acceptors (Lipinski definition) is 3. The molecule has 22 heavy (non-hydrogen) atoms. The zero-order chi connectivity index (χ0) is 16.0. The Bertz CT molecular complexity index is 480. The minimum absolute atomic E-state index is 0.110. The molecule has 4 nitrogen and oxygen atoms in total. The second-order valence-electron chi connectivity index (χ2n) is 6.02. The van der Waals surface area contributed by atoms with Gasteiger partial charge in [-0.2, -0.15) is 0 Å². The Morgan fingerprint density at radius 3 is 2.41 bits per heavy atom. The second-order valence-corrected chi connectivity index (χ2v) is 6.02. The van der Waals surface area contributed by atoms with E-state index in [9.17, 15) is 4.79 Å². The first-order chi connectivity index (χ1) is 10.6. The first-order valence-corrected chi connectivity index (χ1v) is 8.29. The van der Waals surface area contributed by atoms with Crippen LogP contribution < -0.4 is 10.1 Å². The van der Waals surface area contributed by atoms with Gasteiger partial charge in [0.15, 0.2) is 0 Å². The molecule has 0 bridgehead atoms. The van der Waals surface area contributed by atoms with Crippen molar-refractivity contribution in [2.75, 3.05) is 11.9 Å². The minimum Gasteiger partial charge on any atom is -0.490 e. The average Bonchev–Trinajstić information content (AvgIpc) is 3.02. The molecular weight excluding hydrogens is 278 g/mol. The number of rotatable bonds is 7. The van der Waals surface area contributed by atoms with Crippen LogP contribution >= 0.6 is 0 Å². The predicted octanol–water partition coefficient (Wildman–Crippen LogP) is 4.15. The number of anilines is 1. The van der Waals surface area contributed by atoms with Crippen molar-refractivity contribution in [1.29, 1.82) is 0 Å². The highest BCUT2D eigenvalue weighted by Gasteiger charge is 2.31. The van der Waals surface area contributed by atoms with E-state index in [0.717, 1.165) is 24.3 Å². The van der Waals surface area contributed by atoms with E-state index in [4.69, 9.17) is 9.47 Å². The lowest BCUT2D eigenvalue weighted by molar-refractivity contribution is -0.139. The third-order valence-electron chi connectivity index (χ3n) is 4.34. The van der Waals surface area contributed by atoms with Crippen molar-refractivity contribution < 1.29 is 14.3 Å². The van der Waals surface area contributed by atoms with Crippen LogP contribution in [0.1, 0.15) is 52.9 Å². The van der Waals surface area contributed by atoms with E-state index in [-0.39, 0.29) is 5.91 Å². The molecule has 1 amide bonds. The van der Waals surface area contributed by atoms with Gasteiger partial charge in [-0.25, -0.2) is 0 Å². The number of amides is 1. The summed E-state index contributed by atoms with van der Waals surface area (Å²) < 4.78 is 11.5. The smallest absolute Gasteiger partial charge is 0.256 e. The first kappa shape index (κ1) is 16.8. The normalized spacial score (nSPS) is 18.0. The van der Waals surface area contributed by atoms with Crippen molar-refractivity contribution in [1.82, 2.24) is 0 Å². The van der Waals surface area contributed by atoms with E-state index in [2.05, 4.69) is 5.32 Å². The molecule has 1 aromatic rings. The van der Waals surface area contributed by atoms with E-state index >= 15 is 0 Å². The van der Waals surface area contributed by atoms with Gasteiger partial charge in [-0.15, -0.1) is 0 Å². The van der Waals surface area contributed by atoms with E-state index in [1.807, 2.05) is 45.0 Å². The molecule has 0 spiro atoms. The Hall–Kier alpha value is -1.55. The van der Waals surface area contributed by atoms with E-state index in [1.54, 1.807) is 0 Å². The minimum atomic E-state index is -0.784. The van der Waals surface area contributed by atoms with Crippen molar-refractivity contribution in [3.8, 4) is 5.75 Å². The summed E-state index contributed by atoms with van der Waals surface area (Å²) in [4.78, 5) is 12.4. The molecule has 0 aromatic heterocycles. The predicted molar refractivity (Wildman–Crippen MR) is 88.3 cm³/mol. The quantitative estimate of drug-likeness (QED) is 0.823. The van der Waals surface area contributed by atoms with Crippen molar-refractivity contribution in [2.24, 2.45) is 0 Å². The van der Waals surface area contributed by atoms with Crippen molar-refractivity contribution in [3.05, 3.63) is 24.3 Å². The molecule has 1 aliphatic carbocycles. The van der Waals surface area contributed by atoms with Gasteiger partial charge in [0, 0.05) is 12.3 Å². The molecular formula is C18H27NO3. The molecule has 1 atom stereocenters. The summed E-state index contributed by atoms with van der Waals surface area (Å²) in [5.41, 5.74) is -0.0172. The molecule has 1 saturated carbocycles. The van der Waals surface area contributed by atoms with E-state index in [1.165, 1.54) is 12.8 Å². The van der Waals surface area contributed by atoms with Gasteiger partial charge in [-0.3, -0.25) is 4.79 Å². The first-order valence-electron chi connectivity index (χ1n) is 8.29. The Labute approximate surface area is 133 Å². The fraction of sp³-hybridized carbons (Fsp3) is 0.611. The molecule has 0 aliphatic heterocycles. The van der Waals surface area contributed by atoms with Crippen LogP contribution in [0.15, 0.2) is 24.3 Å². The highest BCUT2D eigenvalue weighted by molar-refractivity contribution is 5.97. The maximum atomic E-state index is 12.4. The lowest BCUT2D eigenvalue weighted by Crippen LogP contribution is -2.42. The van der Waals surface area contributed by atoms with Crippen LogP contribution in [-0.4, -0.2) is 24.2 Å². The van der Waals surface area contributed by atoms with Crippen LogP contribution in [0.4, 0.5) is 5.69 Å². The zero-order valence-corrected chi connectivity index (χ0v) is 13.9. The fourth-order valence-corrected chi connectivity index (χ4v) is 2.73. The molecule has 122 valence electrons. The van der Waals surface area contributed by atoms with Crippen LogP contribution in [0.3, 0.4) is 0 Å². The summed E-state index contributed by atoms with van der Waals surface area (Å²) in [6, 6.07) is 7.59. The van der Waals surface area contributed by atoms with Gasteiger partial charge in [0.2, 0.25) is 0 Å². The Morgan fingerprint density at radius 2 is 1.86 bits per heavy atom. The molecule has 0 radical (unpaired) electrons. The van der Waals surface area contributed by atoms with Gasteiger partial charge in [0.05, 0.1) is 6.10 Å². The second kappa shape index (κ2) is 7.63. The lowest BCUT2D eigenvalue weighted by atomic mass is 10.0. The number of benzene rings is 1. The van der Waals surface area contributed by atoms with Crippen LogP contribution in [-0.2, 0) is 9.53 Å². The van der Waals surface area contributed by atoms with Gasteiger partial charge in [0.25, 0.3) is 5.91 Å². The highest BCUT2D eigenvalue weighted by Crippen LogP contribution is 2.25. The maximum Gasteiger partial charge on any atom is 0.256 e. The fourth-order valence-electron chi connectivity index (χ4n) is 2.73. The molecule has 1 unspecified atom stereocenters. The molecule has 1 aliphatic rings. The monoisotopic (exact) mass is 305 g/mol. The van der Waals surface area contributed by atoms with Gasteiger partial charge >= 0.3 is 0 Å². The lowest BCUT2D eigenvalue weighted by Gasteiger charge is -2.26. The number of nitrogens with one attached hydrogen (secondary N) is 1. The summed E-state index contributed by atoms with van der Waals surface area (Å²) in [5.74, 6) is 0.759. The summed E-state index contributed by atoms with van der Waals surface area (Å²) >= 11 is 0. The molecule has 2 rings (SSSR count). The summed E-state index contributed by atoms with van der Waals surface area (Å²) in [5, 5.41) is 2.92. The molecule has 4 heteroatoms. The number of carbonyl (C=O) groups excluding carboxylic acids is 1. The summed E-state index contributed by atoms with van der Waals surface area (Å²) in [6.45, 7) is 6.19.